The average molecular weight is 269 g/mol. The molecule has 2 nitrogen and oxygen atoms in total. The van der Waals surface area contributed by atoms with Crippen molar-refractivity contribution >= 4 is 15.9 Å². The van der Waals surface area contributed by atoms with Crippen LogP contribution in [0, 0.1) is 12.3 Å². The molecule has 0 aliphatic carbocycles. The van der Waals surface area contributed by atoms with Gasteiger partial charge in [-0.1, -0.05) is 22.0 Å². The highest BCUT2D eigenvalue weighted by Crippen LogP contribution is 2.28. The van der Waals surface area contributed by atoms with E-state index < -0.39 is 6.10 Å². The molecule has 0 bridgehead atoms. The van der Waals surface area contributed by atoms with Crippen LogP contribution < -0.4 is 4.74 Å². The third kappa shape index (κ3) is 3.58. The van der Waals surface area contributed by atoms with Gasteiger partial charge >= 0.3 is 0 Å². The van der Waals surface area contributed by atoms with E-state index in [-0.39, 0.29) is 0 Å². The summed E-state index contributed by atoms with van der Waals surface area (Å²) < 4.78 is 6.41. The third-order valence-electron chi connectivity index (χ3n) is 1.93. The molecule has 1 aromatic rings. The topological polar surface area (TPSA) is 29.5 Å². The van der Waals surface area contributed by atoms with Gasteiger partial charge in [-0.05, 0) is 19.1 Å². The van der Waals surface area contributed by atoms with Crippen molar-refractivity contribution in [2.75, 3.05) is 6.61 Å². The molecule has 15 heavy (non-hydrogen) atoms. The van der Waals surface area contributed by atoms with Crippen LogP contribution in [0.15, 0.2) is 22.7 Å². The largest absolute Gasteiger partial charge is 0.492 e. The Kier molecular flexibility index (Phi) is 4.67. The smallest absolute Gasteiger partial charge is 0.126 e. The van der Waals surface area contributed by atoms with Crippen LogP contribution in [0.25, 0.3) is 0 Å². The Bertz CT molecular complexity index is 366. The predicted octanol–water partition coefficient (Wildman–Crippen LogP) is 2.90. The molecular formula is C12H13BrO2. The Hall–Kier alpha value is -0.980. The van der Waals surface area contributed by atoms with Crippen LogP contribution in [0.5, 0.6) is 5.75 Å². The maximum atomic E-state index is 9.52. The Morgan fingerprint density at radius 1 is 1.60 bits per heavy atom. The van der Waals surface area contributed by atoms with Crippen molar-refractivity contribution in [3.05, 3.63) is 28.2 Å². The van der Waals surface area contributed by atoms with Crippen LogP contribution in [0.3, 0.4) is 0 Å². The van der Waals surface area contributed by atoms with Crippen molar-refractivity contribution in [3.63, 3.8) is 0 Å². The van der Waals surface area contributed by atoms with Crippen LogP contribution in [0.1, 0.15) is 25.0 Å². The fraction of sp³-hybridized carbons (Fsp3) is 0.333. The molecule has 0 amide bonds. The van der Waals surface area contributed by atoms with E-state index in [1.807, 2.05) is 18.2 Å². The van der Waals surface area contributed by atoms with Crippen molar-refractivity contribution in [2.24, 2.45) is 0 Å². The molecule has 0 radical (unpaired) electrons. The molecular weight excluding hydrogens is 256 g/mol. The molecule has 0 aromatic heterocycles. The van der Waals surface area contributed by atoms with E-state index in [0.29, 0.717) is 18.8 Å². The number of aliphatic hydroxyl groups is 1. The van der Waals surface area contributed by atoms with Crippen LogP contribution >= 0.6 is 15.9 Å². The zero-order valence-corrected chi connectivity index (χ0v) is 10.1. The Labute approximate surface area is 98.4 Å². The second kappa shape index (κ2) is 5.79. The Balaban J connectivity index is 2.83. The van der Waals surface area contributed by atoms with E-state index in [2.05, 4.69) is 21.9 Å². The second-order valence-corrected chi connectivity index (χ2v) is 4.08. The predicted molar refractivity (Wildman–Crippen MR) is 63.7 cm³/mol. The van der Waals surface area contributed by atoms with Gasteiger partial charge in [-0.15, -0.1) is 12.3 Å². The highest BCUT2D eigenvalue weighted by atomic mass is 79.9. The maximum absolute atomic E-state index is 9.52. The molecule has 3 heteroatoms. The Morgan fingerprint density at radius 2 is 2.33 bits per heavy atom. The minimum absolute atomic E-state index is 0.465. The van der Waals surface area contributed by atoms with E-state index in [1.165, 1.54) is 0 Å². The lowest BCUT2D eigenvalue weighted by molar-refractivity contribution is 0.191. The fourth-order valence-corrected chi connectivity index (χ4v) is 1.54. The lowest BCUT2D eigenvalue weighted by Crippen LogP contribution is -2.01. The van der Waals surface area contributed by atoms with Crippen molar-refractivity contribution in [2.45, 2.75) is 19.4 Å². The van der Waals surface area contributed by atoms with Gasteiger partial charge < -0.3 is 9.84 Å². The van der Waals surface area contributed by atoms with E-state index >= 15 is 0 Å². The van der Waals surface area contributed by atoms with Crippen molar-refractivity contribution in [1.29, 1.82) is 0 Å². The standard InChI is InChI=1S/C12H13BrO2/c1-3-4-7-15-12-8-10(13)5-6-11(12)9(2)14/h1,5-6,8-9,14H,4,7H2,2H3. The van der Waals surface area contributed by atoms with E-state index in [1.54, 1.807) is 6.92 Å². The van der Waals surface area contributed by atoms with Gasteiger partial charge in [-0.3, -0.25) is 0 Å². The minimum Gasteiger partial charge on any atom is -0.492 e. The van der Waals surface area contributed by atoms with Crippen LogP contribution in [0.2, 0.25) is 0 Å². The summed E-state index contributed by atoms with van der Waals surface area (Å²) in [4.78, 5) is 0. The summed E-state index contributed by atoms with van der Waals surface area (Å²) in [6.45, 7) is 2.17. The molecule has 0 saturated carbocycles. The van der Waals surface area contributed by atoms with Crippen molar-refractivity contribution in [3.8, 4) is 18.1 Å². The van der Waals surface area contributed by atoms with E-state index in [0.717, 1.165) is 10.0 Å². The lowest BCUT2D eigenvalue weighted by Gasteiger charge is -2.13. The van der Waals surface area contributed by atoms with Gasteiger partial charge in [0.2, 0.25) is 0 Å². The first kappa shape index (κ1) is 12.1. The molecule has 1 unspecified atom stereocenters. The third-order valence-corrected chi connectivity index (χ3v) is 2.42. The van der Waals surface area contributed by atoms with Crippen molar-refractivity contribution < 1.29 is 9.84 Å². The molecule has 0 fully saturated rings. The SMILES string of the molecule is C#CCCOc1cc(Br)ccc1C(C)O. The zero-order chi connectivity index (χ0) is 11.3. The molecule has 80 valence electrons. The van der Waals surface area contributed by atoms with Crippen LogP contribution in [0.4, 0.5) is 0 Å². The van der Waals surface area contributed by atoms with Gasteiger partial charge in [-0.25, -0.2) is 0 Å². The van der Waals surface area contributed by atoms with Gasteiger partial charge in [0.25, 0.3) is 0 Å². The molecule has 1 rings (SSSR count). The highest BCUT2D eigenvalue weighted by molar-refractivity contribution is 9.10. The van der Waals surface area contributed by atoms with Crippen molar-refractivity contribution in [1.82, 2.24) is 0 Å². The van der Waals surface area contributed by atoms with Crippen LogP contribution in [-0.2, 0) is 0 Å². The molecule has 0 heterocycles. The second-order valence-electron chi connectivity index (χ2n) is 3.16. The van der Waals surface area contributed by atoms with Gasteiger partial charge in [0.15, 0.2) is 0 Å². The summed E-state index contributed by atoms with van der Waals surface area (Å²) >= 11 is 3.35. The summed E-state index contributed by atoms with van der Waals surface area (Å²) in [7, 11) is 0. The van der Waals surface area contributed by atoms with E-state index in [9.17, 15) is 5.11 Å². The number of ether oxygens (including phenoxy) is 1. The van der Waals surface area contributed by atoms with Crippen LogP contribution in [-0.4, -0.2) is 11.7 Å². The van der Waals surface area contributed by atoms with Gasteiger partial charge in [0, 0.05) is 16.5 Å². The molecule has 0 aliphatic rings. The molecule has 0 spiro atoms. The number of halogens is 1. The summed E-state index contributed by atoms with van der Waals surface area (Å²) in [6.07, 6.45) is 5.15. The zero-order valence-electron chi connectivity index (χ0n) is 8.53. The molecule has 1 atom stereocenters. The number of aliphatic hydroxyl groups excluding tert-OH is 1. The number of rotatable bonds is 4. The average Bonchev–Trinajstić information content (AvgIpc) is 2.18. The summed E-state index contributed by atoms with van der Waals surface area (Å²) in [5.74, 6) is 3.18. The monoisotopic (exact) mass is 268 g/mol. The first-order valence-electron chi connectivity index (χ1n) is 4.69. The normalized spacial score (nSPS) is 11.9. The molecule has 1 N–H and O–H groups in total. The first-order valence-corrected chi connectivity index (χ1v) is 5.48. The summed E-state index contributed by atoms with van der Waals surface area (Å²) in [5, 5.41) is 9.52. The molecule has 0 aliphatic heterocycles. The first-order chi connectivity index (χ1) is 7.15. The number of hydrogen-bond donors (Lipinski definition) is 1. The van der Waals surface area contributed by atoms with Gasteiger partial charge in [-0.2, -0.15) is 0 Å². The minimum atomic E-state index is -0.543. The van der Waals surface area contributed by atoms with Gasteiger partial charge in [0.05, 0.1) is 12.7 Å². The molecule has 1 aromatic carbocycles. The summed E-state index contributed by atoms with van der Waals surface area (Å²) in [5.41, 5.74) is 0.773. The quantitative estimate of drug-likeness (QED) is 0.672. The number of terminal acetylenes is 1. The Morgan fingerprint density at radius 3 is 2.93 bits per heavy atom. The highest BCUT2D eigenvalue weighted by Gasteiger charge is 2.09. The number of hydrogen-bond acceptors (Lipinski definition) is 2. The fourth-order valence-electron chi connectivity index (χ4n) is 1.20. The maximum Gasteiger partial charge on any atom is 0.126 e. The lowest BCUT2D eigenvalue weighted by atomic mass is 10.1. The van der Waals surface area contributed by atoms with Gasteiger partial charge in [0.1, 0.15) is 5.75 Å². The number of benzene rings is 1. The summed E-state index contributed by atoms with van der Waals surface area (Å²) in [6, 6.07) is 5.54. The molecule has 0 saturated heterocycles. The van der Waals surface area contributed by atoms with E-state index in [4.69, 9.17) is 11.2 Å².